The van der Waals surface area contributed by atoms with Crippen molar-refractivity contribution in [1.29, 1.82) is 0 Å². The van der Waals surface area contributed by atoms with Gasteiger partial charge < -0.3 is 19.2 Å². The zero-order valence-electron chi connectivity index (χ0n) is 26.8. The number of carbonyl (C=O) groups is 1. The molecule has 246 valence electrons. The Bertz CT molecular complexity index is 2110. The van der Waals surface area contributed by atoms with Gasteiger partial charge in [0.05, 0.1) is 24.4 Å². The van der Waals surface area contributed by atoms with Gasteiger partial charge >= 0.3 is 5.97 Å². The number of oxazole rings is 1. The molecular formula is C38H36F2N4O4. The molecule has 48 heavy (non-hydrogen) atoms. The molecule has 0 fully saturated rings. The Hall–Kier alpha value is -5.25. The van der Waals surface area contributed by atoms with Crippen LogP contribution >= 0.6 is 0 Å². The molecule has 3 aromatic heterocycles. The molecule has 0 saturated carbocycles. The zero-order valence-corrected chi connectivity index (χ0v) is 26.8. The predicted octanol–water partition coefficient (Wildman–Crippen LogP) is 9.14. The van der Waals surface area contributed by atoms with Crippen LogP contribution in [0.1, 0.15) is 80.3 Å². The fraction of sp³-hybridized carbons (Fsp3) is 0.289. The van der Waals surface area contributed by atoms with E-state index in [0.717, 1.165) is 48.0 Å². The monoisotopic (exact) mass is 650 g/mol. The highest BCUT2D eigenvalue weighted by Gasteiger charge is 2.27. The Morgan fingerprint density at radius 3 is 2.81 bits per heavy atom. The summed E-state index contributed by atoms with van der Waals surface area (Å²) in [7, 11) is 0. The molecule has 6 aromatic rings. The number of aromatic nitrogens is 4. The normalized spacial score (nSPS) is 16.4. The molecule has 0 saturated heterocycles. The minimum Gasteiger partial charge on any atom is -0.481 e. The molecule has 3 aromatic carbocycles. The van der Waals surface area contributed by atoms with Crippen LogP contribution in [0.25, 0.3) is 22.2 Å². The lowest BCUT2D eigenvalue weighted by molar-refractivity contribution is -0.136. The minimum absolute atomic E-state index is 0.0185. The molecule has 10 heteroatoms. The molecule has 4 heterocycles. The van der Waals surface area contributed by atoms with Gasteiger partial charge in [-0.1, -0.05) is 51.0 Å². The fourth-order valence-corrected chi connectivity index (χ4v) is 6.59. The van der Waals surface area contributed by atoms with Crippen molar-refractivity contribution in [2.24, 2.45) is 0 Å². The number of halogens is 2. The Labute approximate surface area is 276 Å². The Kier molecular flexibility index (Phi) is 8.33. The van der Waals surface area contributed by atoms with Gasteiger partial charge in [-0.25, -0.2) is 13.8 Å². The number of carboxylic acid groups (broad SMARTS) is 1. The summed E-state index contributed by atoms with van der Waals surface area (Å²) in [4.78, 5) is 18.9. The number of rotatable bonds is 4. The average molecular weight is 651 g/mol. The summed E-state index contributed by atoms with van der Waals surface area (Å²) in [6.45, 7) is 4.26. The van der Waals surface area contributed by atoms with Gasteiger partial charge in [0, 0.05) is 52.3 Å². The minimum atomic E-state index is -0.845. The van der Waals surface area contributed by atoms with Crippen molar-refractivity contribution in [2.45, 2.75) is 70.3 Å². The number of aromatic amines is 1. The van der Waals surface area contributed by atoms with E-state index < -0.39 is 17.6 Å². The molecule has 7 rings (SSSR count). The number of ether oxygens (including phenoxy) is 1. The van der Waals surface area contributed by atoms with Gasteiger partial charge in [-0.3, -0.25) is 9.48 Å². The van der Waals surface area contributed by atoms with Crippen LogP contribution in [-0.2, 0) is 23.1 Å². The second-order valence-corrected chi connectivity index (χ2v) is 13.1. The number of aryl methyl sites for hydroxylation is 1. The molecule has 0 spiro atoms. The summed E-state index contributed by atoms with van der Waals surface area (Å²) in [6.07, 6.45) is 9.37. The van der Waals surface area contributed by atoms with Gasteiger partial charge in [-0.2, -0.15) is 5.10 Å². The Morgan fingerprint density at radius 2 is 1.96 bits per heavy atom. The first-order chi connectivity index (χ1) is 23.1. The summed E-state index contributed by atoms with van der Waals surface area (Å²) >= 11 is 0. The van der Waals surface area contributed by atoms with Gasteiger partial charge in [-0.15, -0.1) is 0 Å². The molecule has 0 amide bonds. The second-order valence-electron chi connectivity index (χ2n) is 13.1. The smallest absolute Gasteiger partial charge is 0.303 e. The van der Waals surface area contributed by atoms with Crippen LogP contribution in [0.2, 0.25) is 0 Å². The van der Waals surface area contributed by atoms with E-state index in [4.69, 9.17) is 14.3 Å². The maximum Gasteiger partial charge on any atom is 0.303 e. The van der Waals surface area contributed by atoms with Crippen LogP contribution in [0.4, 0.5) is 8.78 Å². The van der Waals surface area contributed by atoms with E-state index in [2.05, 4.69) is 23.8 Å². The molecule has 6 bridgehead atoms. The van der Waals surface area contributed by atoms with Crippen molar-refractivity contribution < 1.29 is 27.8 Å². The standard InChI is InChI=1S/C38H36F2N4O4/c1-38(2)15-4-3-8-33(24-7-5-6-23(18-24)9-12-36(45)46)44-17-14-31(43-44)28-19-25(10-11-29(28)39)47-37-27(20-35-42-22-34(38)48-35)26-13-16-41-32(26)21-30(37)40/h5-7,10-11,13-14,16-19,21-22,33,41H,3-4,8-9,12,15,20H2,1-2H3,(H,45,46). The summed E-state index contributed by atoms with van der Waals surface area (Å²) in [5.41, 5.74) is 3.45. The molecule has 0 radical (unpaired) electrons. The van der Waals surface area contributed by atoms with Crippen LogP contribution in [0.5, 0.6) is 11.5 Å². The number of fused-ring (bicyclic) bond motifs is 10. The van der Waals surface area contributed by atoms with E-state index in [1.807, 2.05) is 41.2 Å². The Balaban J connectivity index is 1.32. The van der Waals surface area contributed by atoms with E-state index in [-0.39, 0.29) is 41.4 Å². The van der Waals surface area contributed by atoms with Crippen LogP contribution in [0.15, 0.2) is 83.7 Å². The largest absolute Gasteiger partial charge is 0.481 e. The second kappa shape index (κ2) is 12.7. The topological polar surface area (TPSA) is 106 Å². The van der Waals surface area contributed by atoms with Gasteiger partial charge in [-0.05, 0) is 60.7 Å². The summed E-state index contributed by atoms with van der Waals surface area (Å²) in [5.74, 6) is -0.426. The molecule has 2 N–H and O–H groups in total. The van der Waals surface area contributed by atoms with Gasteiger partial charge in [0.2, 0.25) is 0 Å². The van der Waals surface area contributed by atoms with E-state index in [9.17, 15) is 9.90 Å². The van der Waals surface area contributed by atoms with Crippen molar-refractivity contribution in [3.05, 3.63) is 119 Å². The van der Waals surface area contributed by atoms with Crippen molar-refractivity contribution in [1.82, 2.24) is 19.7 Å². The maximum atomic E-state index is 15.7. The molecule has 1 aliphatic heterocycles. The summed E-state index contributed by atoms with van der Waals surface area (Å²) in [6, 6.07) is 17.1. The lowest BCUT2D eigenvalue weighted by Crippen LogP contribution is -2.17. The fourth-order valence-electron chi connectivity index (χ4n) is 6.59. The SMILES string of the molecule is CC1(C)CCCCC(c2cccc(CCC(=O)O)c2)n2ccc(n2)-c2cc(ccc2F)Oc2c(F)cc3[nH]ccc3c2Cc2ncc1o2. The molecule has 8 nitrogen and oxygen atoms in total. The number of aliphatic carboxylic acids is 1. The molecule has 1 unspecified atom stereocenters. The number of nitrogens with zero attached hydrogens (tertiary/aromatic N) is 3. The van der Waals surface area contributed by atoms with Crippen molar-refractivity contribution in [2.75, 3.05) is 0 Å². The zero-order chi connectivity index (χ0) is 33.4. The maximum absolute atomic E-state index is 15.7. The third-order valence-corrected chi connectivity index (χ3v) is 9.27. The summed E-state index contributed by atoms with van der Waals surface area (Å²) in [5, 5.41) is 14.8. The first kappa shape index (κ1) is 31.4. The van der Waals surface area contributed by atoms with Crippen LogP contribution in [0.3, 0.4) is 0 Å². The van der Waals surface area contributed by atoms with E-state index in [1.54, 1.807) is 18.5 Å². The third kappa shape index (κ3) is 6.34. The first-order valence-corrected chi connectivity index (χ1v) is 16.2. The van der Waals surface area contributed by atoms with Crippen molar-refractivity contribution in [3.8, 4) is 22.8 Å². The molecule has 0 aliphatic carbocycles. The van der Waals surface area contributed by atoms with Crippen molar-refractivity contribution >= 4 is 16.9 Å². The average Bonchev–Trinajstić information content (AvgIpc) is 3.84. The van der Waals surface area contributed by atoms with Crippen LogP contribution in [-0.4, -0.2) is 30.8 Å². The number of H-pyrrole nitrogens is 1. The number of nitrogens with one attached hydrogen (secondary N) is 1. The first-order valence-electron chi connectivity index (χ1n) is 16.2. The van der Waals surface area contributed by atoms with Gasteiger partial charge in [0.25, 0.3) is 0 Å². The van der Waals surface area contributed by atoms with E-state index in [0.29, 0.717) is 29.1 Å². The predicted molar refractivity (Wildman–Crippen MR) is 177 cm³/mol. The third-order valence-electron chi connectivity index (χ3n) is 9.27. The summed E-state index contributed by atoms with van der Waals surface area (Å²) < 4.78 is 45.4. The van der Waals surface area contributed by atoms with Crippen LogP contribution in [0, 0.1) is 11.6 Å². The molecular weight excluding hydrogens is 614 g/mol. The number of carboxylic acids is 1. The van der Waals surface area contributed by atoms with E-state index in [1.165, 1.54) is 24.3 Å². The van der Waals surface area contributed by atoms with Crippen LogP contribution < -0.4 is 4.74 Å². The van der Waals surface area contributed by atoms with E-state index >= 15 is 8.78 Å². The number of hydrogen-bond donors (Lipinski definition) is 2. The number of hydrogen-bond acceptors (Lipinski definition) is 5. The quantitative estimate of drug-likeness (QED) is 0.197. The van der Waals surface area contributed by atoms with Gasteiger partial charge in [0.1, 0.15) is 17.3 Å². The lowest BCUT2D eigenvalue weighted by Gasteiger charge is -2.23. The highest BCUT2D eigenvalue weighted by molar-refractivity contribution is 5.86. The molecule has 1 aliphatic rings. The van der Waals surface area contributed by atoms with Gasteiger partial charge in [0.15, 0.2) is 17.5 Å². The Morgan fingerprint density at radius 1 is 1.08 bits per heavy atom. The molecule has 1 atom stereocenters. The van der Waals surface area contributed by atoms with Crippen molar-refractivity contribution in [3.63, 3.8) is 0 Å². The lowest BCUT2D eigenvalue weighted by atomic mass is 9.84. The highest BCUT2D eigenvalue weighted by Crippen LogP contribution is 2.39. The number of benzene rings is 3. The highest BCUT2D eigenvalue weighted by atomic mass is 19.1.